The number of ketones is 1. The van der Waals surface area contributed by atoms with Gasteiger partial charge in [-0.3, -0.25) is 4.79 Å². The van der Waals surface area contributed by atoms with Gasteiger partial charge in [-0.05, 0) is 25.0 Å². The van der Waals surface area contributed by atoms with Crippen LogP contribution in [-0.4, -0.2) is 21.0 Å². The molecule has 122 valence electrons. The van der Waals surface area contributed by atoms with Crippen molar-refractivity contribution in [2.75, 3.05) is 5.32 Å². The summed E-state index contributed by atoms with van der Waals surface area (Å²) in [5.74, 6) is 0.632. The highest BCUT2D eigenvalue weighted by Gasteiger charge is 2.15. The van der Waals surface area contributed by atoms with Crippen LogP contribution < -0.4 is 5.32 Å². The number of nitrogens with zero attached hydrogens (tertiary/aromatic N) is 3. The Balaban J connectivity index is 2.26. The molecule has 0 radical (unpaired) electrons. The van der Waals surface area contributed by atoms with Crippen LogP contribution in [0.2, 0.25) is 5.15 Å². The fourth-order valence-corrected chi connectivity index (χ4v) is 2.35. The number of hydrogen-bond donors (Lipinski definition) is 1. The second-order valence-corrected chi connectivity index (χ2v) is 5.73. The number of halogens is 1. The maximum Gasteiger partial charge on any atom is 0.185 e. The van der Waals surface area contributed by atoms with Gasteiger partial charge < -0.3 is 5.32 Å². The van der Waals surface area contributed by atoms with Gasteiger partial charge in [0.15, 0.2) is 16.6 Å². The van der Waals surface area contributed by atoms with Crippen LogP contribution in [0.3, 0.4) is 0 Å². The first-order chi connectivity index (χ1) is 11.1. The summed E-state index contributed by atoms with van der Waals surface area (Å²) in [7, 11) is 0. The summed E-state index contributed by atoms with van der Waals surface area (Å²) in [5, 5.41) is 11.1. The summed E-state index contributed by atoms with van der Waals surface area (Å²) >= 11 is 5.93. The first kappa shape index (κ1) is 17.3. The van der Waals surface area contributed by atoms with Crippen LogP contribution in [0.15, 0.2) is 24.3 Å². The van der Waals surface area contributed by atoms with Gasteiger partial charge in [0.1, 0.15) is 5.82 Å². The minimum Gasteiger partial charge on any atom is -0.338 e. The molecule has 0 saturated heterocycles. The molecule has 2 rings (SSSR count). The lowest BCUT2D eigenvalue weighted by atomic mass is 10.1. The predicted molar refractivity (Wildman–Crippen MR) is 92.4 cm³/mol. The number of rotatable bonds is 8. The number of carbonyl (C=O) groups excluding carboxylic acids is 1. The molecule has 5 nitrogen and oxygen atoms in total. The van der Waals surface area contributed by atoms with Crippen LogP contribution in [0, 0.1) is 0 Å². The van der Waals surface area contributed by atoms with E-state index in [1.54, 1.807) is 6.07 Å². The van der Waals surface area contributed by atoms with E-state index < -0.39 is 0 Å². The summed E-state index contributed by atoms with van der Waals surface area (Å²) in [5.41, 5.74) is 1.86. The molecule has 0 unspecified atom stereocenters. The molecule has 0 fully saturated rings. The molecule has 0 spiro atoms. The molecule has 0 saturated carbocycles. The van der Waals surface area contributed by atoms with Gasteiger partial charge in [0.2, 0.25) is 0 Å². The van der Waals surface area contributed by atoms with Gasteiger partial charge in [0.25, 0.3) is 0 Å². The highest BCUT2D eigenvalue weighted by atomic mass is 35.5. The molecule has 0 bridgehead atoms. The largest absolute Gasteiger partial charge is 0.338 e. The van der Waals surface area contributed by atoms with Gasteiger partial charge >= 0.3 is 0 Å². The second kappa shape index (κ2) is 8.58. The van der Waals surface area contributed by atoms with Crippen LogP contribution in [0.5, 0.6) is 0 Å². The van der Waals surface area contributed by atoms with Gasteiger partial charge in [0, 0.05) is 18.2 Å². The lowest BCUT2D eigenvalue weighted by Gasteiger charge is -2.10. The Morgan fingerprint density at radius 3 is 2.78 bits per heavy atom. The second-order valence-electron chi connectivity index (χ2n) is 5.35. The zero-order valence-electron chi connectivity index (χ0n) is 13.5. The minimum atomic E-state index is -0.0387. The maximum absolute atomic E-state index is 12.3. The summed E-state index contributed by atoms with van der Waals surface area (Å²) < 4.78 is 0. The molecule has 2 aromatic heterocycles. The van der Waals surface area contributed by atoms with Crippen LogP contribution >= 0.6 is 11.6 Å². The Morgan fingerprint density at radius 2 is 2.04 bits per heavy atom. The van der Waals surface area contributed by atoms with Crippen molar-refractivity contribution in [1.29, 1.82) is 0 Å². The van der Waals surface area contributed by atoms with E-state index >= 15 is 0 Å². The van der Waals surface area contributed by atoms with E-state index in [0.29, 0.717) is 23.6 Å². The number of hydrogen-bond acceptors (Lipinski definition) is 5. The standard InChI is InChI=1S/C17H21ClN4O/c1-3-5-9-14(23)17-13(11-15(18)21-22-17)20-16-10-6-8-12(19-16)7-4-2/h6,8,10-11H,3-5,7,9H2,1-2H3,(H,19,20,21). The van der Waals surface area contributed by atoms with Gasteiger partial charge in [-0.15, -0.1) is 10.2 Å². The van der Waals surface area contributed by atoms with E-state index in [2.05, 4.69) is 27.4 Å². The average Bonchev–Trinajstić information content (AvgIpc) is 2.53. The lowest BCUT2D eigenvalue weighted by molar-refractivity contribution is 0.0975. The molecule has 2 aromatic rings. The molecule has 0 atom stereocenters. The minimum absolute atomic E-state index is 0.0387. The number of pyridine rings is 1. The maximum atomic E-state index is 12.3. The number of unbranched alkanes of at least 4 members (excludes halogenated alkanes) is 1. The van der Waals surface area contributed by atoms with E-state index in [4.69, 9.17) is 11.6 Å². The van der Waals surface area contributed by atoms with Crippen molar-refractivity contribution >= 4 is 28.9 Å². The van der Waals surface area contributed by atoms with Gasteiger partial charge in [-0.1, -0.05) is 44.4 Å². The smallest absolute Gasteiger partial charge is 0.185 e. The molecular weight excluding hydrogens is 312 g/mol. The highest BCUT2D eigenvalue weighted by molar-refractivity contribution is 6.29. The van der Waals surface area contributed by atoms with Crippen molar-refractivity contribution in [2.24, 2.45) is 0 Å². The highest BCUT2D eigenvalue weighted by Crippen LogP contribution is 2.22. The summed E-state index contributed by atoms with van der Waals surface area (Å²) in [6.07, 6.45) is 4.17. The first-order valence-corrected chi connectivity index (χ1v) is 8.31. The van der Waals surface area contributed by atoms with Crippen molar-refractivity contribution in [1.82, 2.24) is 15.2 Å². The van der Waals surface area contributed by atoms with Crippen molar-refractivity contribution < 1.29 is 4.79 Å². The Kier molecular flexibility index (Phi) is 6.47. The number of Topliss-reactive ketones (excluding diaryl/α,β-unsaturated/α-hetero) is 1. The Bertz CT molecular complexity index is 675. The molecule has 1 N–H and O–H groups in total. The average molecular weight is 333 g/mol. The fraction of sp³-hybridized carbons (Fsp3) is 0.412. The third-order valence-electron chi connectivity index (χ3n) is 3.36. The van der Waals surface area contributed by atoms with E-state index in [1.807, 2.05) is 25.1 Å². The molecule has 0 aliphatic rings. The topological polar surface area (TPSA) is 67.8 Å². The van der Waals surface area contributed by atoms with E-state index in [1.165, 1.54) is 0 Å². The summed E-state index contributed by atoms with van der Waals surface area (Å²) in [6, 6.07) is 7.39. The quantitative estimate of drug-likeness (QED) is 0.716. The molecule has 0 amide bonds. The van der Waals surface area contributed by atoms with Crippen molar-refractivity contribution in [3.8, 4) is 0 Å². The number of anilines is 2. The molecule has 0 aliphatic carbocycles. The first-order valence-electron chi connectivity index (χ1n) is 7.93. The van der Waals surface area contributed by atoms with Gasteiger partial charge in [0.05, 0.1) is 5.69 Å². The van der Waals surface area contributed by atoms with Crippen molar-refractivity contribution in [3.05, 3.63) is 40.8 Å². The van der Waals surface area contributed by atoms with Crippen LogP contribution in [0.1, 0.15) is 55.7 Å². The third-order valence-corrected chi connectivity index (χ3v) is 3.55. The predicted octanol–water partition coefficient (Wildman–Crippen LogP) is 4.59. The Labute approximate surface area is 141 Å². The third kappa shape index (κ3) is 4.99. The molecule has 23 heavy (non-hydrogen) atoms. The number of nitrogens with one attached hydrogen (secondary N) is 1. The molecule has 6 heteroatoms. The lowest BCUT2D eigenvalue weighted by Crippen LogP contribution is -2.09. The monoisotopic (exact) mass is 332 g/mol. The summed E-state index contributed by atoms with van der Waals surface area (Å²) in [6.45, 7) is 4.15. The zero-order chi connectivity index (χ0) is 16.7. The Morgan fingerprint density at radius 1 is 1.22 bits per heavy atom. The van der Waals surface area contributed by atoms with Crippen LogP contribution in [-0.2, 0) is 6.42 Å². The molecule has 0 aromatic carbocycles. The molecule has 2 heterocycles. The van der Waals surface area contributed by atoms with Gasteiger partial charge in [-0.2, -0.15) is 0 Å². The van der Waals surface area contributed by atoms with Crippen LogP contribution in [0.4, 0.5) is 11.5 Å². The van der Waals surface area contributed by atoms with E-state index in [0.717, 1.165) is 31.4 Å². The zero-order valence-corrected chi connectivity index (χ0v) is 14.2. The number of aromatic nitrogens is 3. The molecule has 0 aliphatic heterocycles. The SMILES string of the molecule is CCCCC(=O)c1nnc(Cl)cc1Nc1cccc(CCC)n1. The fourth-order valence-electron chi connectivity index (χ4n) is 2.21. The van der Waals surface area contributed by atoms with Crippen molar-refractivity contribution in [2.45, 2.75) is 46.0 Å². The normalized spacial score (nSPS) is 10.6. The molecular formula is C17H21ClN4O. The summed E-state index contributed by atoms with van der Waals surface area (Å²) in [4.78, 5) is 16.8. The van der Waals surface area contributed by atoms with E-state index in [-0.39, 0.29) is 10.9 Å². The Hall–Kier alpha value is -2.01. The van der Waals surface area contributed by atoms with Crippen LogP contribution in [0.25, 0.3) is 0 Å². The van der Waals surface area contributed by atoms with E-state index in [9.17, 15) is 4.79 Å². The number of carbonyl (C=O) groups is 1. The van der Waals surface area contributed by atoms with Gasteiger partial charge in [-0.25, -0.2) is 4.98 Å². The number of aryl methyl sites for hydroxylation is 1. The van der Waals surface area contributed by atoms with Crippen molar-refractivity contribution in [3.63, 3.8) is 0 Å².